The summed E-state index contributed by atoms with van der Waals surface area (Å²) in [6, 6.07) is 23.2. The number of β-lactam (4-membered cyclic amide) rings is 1. The van der Waals surface area contributed by atoms with Crippen LogP contribution in [0.25, 0.3) is 5.82 Å². The van der Waals surface area contributed by atoms with Crippen molar-refractivity contribution >= 4 is 41.3 Å². The van der Waals surface area contributed by atoms with Crippen LogP contribution in [0.4, 0.5) is 0 Å². The molecule has 43 heavy (non-hydrogen) atoms. The van der Waals surface area contributed by atoms with Crippen molar-refractivity contribution in [3.63, 3.8) is 0 Å². The Hall–Kier alpha value is -4.55. The number of esters is 1. The molecular formula is C31H27N5O5S2. The van der Waals surface area contributed by atoms with Crippen molar-refractivity contribution in [3.05, 3.63) is 113 Å². The average Bonchev–Trinajstić information content (AvgIpc) is 3.51. The van der Waals surface area contributed by atoms with Crippen molar-refractivity contribution in [2.75, 3.05) is 12.9 Å². The van der Waals surface area contributed by atoms with Crippen LogP contribution in [0, 0.1) is 0 Å². The van der Waals surface area contributed by atoms with Gasteiger partial charge in [-0.1, -0.05) is 60.3 Å². The minimum Gasteiger partial charge on any atom is -0.497 e. The van der Waals surface area contributed by atoms with Crippen molar-refractivity contribution in [1.29, 1.82) is 0 Å². The Morgan fingerprint density at radius 3 is 2.53 bits per heavy atom. The van der Waals surface area contributed by atoms with Crippen molar-refractivity contribution in [3.8, 4) is 11.6 Å². The molecule has 1 N–H and O–H groups in total. The van der Waals surface area contributed by atoms with E-state index in [-0.39, 0.29) is 30.5 Å². The number of methoxy groups -OCH3 is 1. The Bertz CT molecular complexity index is 1660. The van der Waals surface area contributed by atoms with Gasteiger partial charge in [-0.25, -0.2) is 14.5 Å². The molecule has 2 atom stereocenters. The first-order valence-corrected chi connectivity index (χ1v) is 15.3. The third-order valence-corrected chi connectivity index (χ3v) is 9.45. The fourth-order valence-electron chi connectivity index (χ4n) is 4.75. The van der Waals surface area contributed by atoms with Crippen LogP contribution in [0.1, 0.15) is 11.1 Å². The standard InChI is InChI=1S/C31H27N5O5S2/c1-40-22-12-10-21(11-13-22)18-41-31(39)28-23(43-26-14-16-33-36(26)24-9-5-6-15-32-24)19-42-30-27(29(38)35(28)30)34-25(37)17-20-7-3-2-4-8-20/h2-16,27,30H,17-19H2,1H3,(H,34,37)/t27-,30+/m1/s1. The molecule has 1 saturated heterocycles. The number of hydrogen-bond donors (Lipinski definition) is 1. The Kier molecular flexibility index (Phi) is 8.47. The Balaban J connectivity index is 1.24. The molecular weight excluding hydrogens is 587 g/mol. The van der Waals surface area contributed by atoms with Crippen LogP contribution in [0.5, 0.6) is 5.75 Å². The zero-order valence-electron chi connectivity index (χ0n) is 23.1. The number of nitrogens with one attached hydrogen (secondary N) is 1. The predicted molar refractivity (Wildman–Crippen MR) is 162 cm³/mol. The number of aromatic nitrogens is 3. The number of amides is 2. The number of ether oxygens (including phenoxy) is 2. The normalized spacial score (nSPS) is 17.6. The predicted octanol–water partition coefficient (Wildman–Crippen LogP) is 3.97. The second-order valence-electron chi connectivity index (χ2n) is 9.68. The molecule has 2 aliphatic heterocycles. The van der Waals surface area contributed by atoms with Crippen molar-refractivity contribution < 1.29 is 23.9 Å². The number of carbonyl (C=O) groups excluding carboxylic acids is 3. The molecule has 12 heteroatoms. The van der Waals surface area contributed by atoms with Crippen LogP contribution < -0.4 is 10.1 Å². The summed E-state index contributed by atoms with van der Waals surface area (Å²) in [5.74, 6) is 0.532. The number of pyridine rings is 1. The molecule has 0 aliphatic carbocycles. The van der Waals surface area contributed by atoms with Crippen LogP contribution in [0.15, 0.2) is 107 Å². The van der Waals surface area contributed by atoms with Gasteiger partial charge in [0.15, 0.2) is 5.82 Å². The lowest BCUT2D eigenvalue weighted by molar-refractivity contribution is -0.153. The largest absolute Gasteiger partial charge is 0.497 e. The van der Waals surface area contributed by atoms with E-state index in [1.54, 1.807) is 36.3 Å². The molecule has 218 valence electrons. The summed E-state index contributed by atoms with van der Waals surface area (Å²) in [6.07, 6.45) is 3.50. The molecule has 4 heterocycles. The smallest absolute Gasteiger partial charge is 0.356 e. The van der Waals surface area contributed by atoms with Gasteiger partial charge in [0.1, 0.15) is 34.5 Å². The third kappa shape index (κ3) is 6.15. The zero-order chi connectivity index (χ0) is 29.8. The molecule has 2 aromatic carbocycles. The third-order valence-electron chi connectivity index (χ3n) is 6.88. The van der Waals surface area contributed by atoms with E-state index in [0.717, 1.165) is 16.2 Å². The number of benzene rings is 2. The summed E-state index contributed by atoms with van der Waals surface area (Å²) in [4.78, 5) is 46.4. The average molecular weight is 614 g/mol. The van der Waals surface area contributed by atoms with E-state index in [9.17, 15) is 14.4 Å². The molecule has 10 nitrogen and oxygen atoms in total. The molecule has 4 aromatic rings. The maximum atomic E-state index is 13.7. The van der Waals surface area contributed by atoms with Gasteiger partial charge in [-0.3, -0.25) is 14.5 Å². The van der Waals surface area contributed by atoms with Gasteiger partial charge in [-0.05, 0) is 41.5 Å². The van der Waals surface area contributed by atoms with E-state index in [1.165, 1.54) is 28.4 Å². The maximum absolute atomic E-state index is 13.7. The fraction of sp³-hybridized carbons (Fsp3) is 0.194. The first kappa shape index (κ1) is 28.6. The molecule has 0 radical (unpaired) electrons. The van der Waals surface area contributed by atoms with E-state index in [2.05, 4.69) is 15.4 Å². The number of fused-ring (bicyclic) bond motifs is 1. The van der Waals surface area contributed by atoms with Gasteiger partial charge in [0, 0.05) is 16.9 Å². The van der Waals surface area contributed by atoms with Gasteiger partial charge in [-0.15, -0.1) is 11.8 Å². The first-order chi connectivity index (χ1) is 21.0. The molecule has 0 unspecified atom stereocenters. The number of nitrogens with zero attached hydrogens (tertiary/aromatic N) is 4. The van der Waals surface area contributed by atoms with Crippen molar-refractivity contribution in [2.24, 2.45) is 0 Å². The number of rotatable bonds is 10. The fourth-order valence-corrected chi connectivity index (χ4v) is 7.27. The minimum atomic E-state index is -0.740. The molecule has 0 saturated carbocycles. The van der Waals surface area contributed by atoms with Crippen LogP contribution in [0.2, 0.25) is 0 Å². The molecule has 2 amide bonds. The molecule has 2 aliphatic rings. The van der Waals surface area contributed by atoms with Crippen LogP contribution in [0.3, 0.4) is 0 Å². The highest BCUT2D eigenvalue weighted by Crippen LogP contribution is 2.45. The summed E-state index contributed by atoms with van der Waals surface area (Å²) in [5.41, 5.74) is 1.81. The maximum Gasteiger partial charge on any atom is 0.356 e. The number of hydrogen-bond acceptors (Lipinski definition) is 9. The van der Waals surface area contributed by atoms with Gasteiger partial charge in [0.2, 0.25) is 5.91 Å². The van der Waals surface area contributed by atoms with E-state index in [4.69, 9.17) is 9.47 Å². The topological polar surface area (TPSA) is 116 Å². The van der Waals surface area contributed by atoms with E-state index >= 15 is 0 Å². The Labute approximate surface area is 256 Å². The first-order valence-electron chi connectivity index (χ1n) is 13.5. The van der Waals surface area contributed by atoms with Crippen LogP contribution >= 0.6 is 23.5 Å². The van der Waals surface area contributed by atoms with Crippen molar-refractivity contribution in [2.45, 2.75) is 29.5 Å². The highest BCUT2D eigenvalue weighted by Gasteiger charge is 2.54. The molecule has 1 fully saturated rings. The lowest BCUT2D eigenvalue weighted by Crippen LogP contribution is -2.70. The monoisotopic (exact) mass is 613 g/mol. The van der Waals surface area contributed by atoms with Gasteiger partial charge in [0.05, 0.1) is 19.7 Å². The van der Waals surface area contributed by atoms with Gasteiger partial charge in [0.25, 0.3) is 5.91 Å². The highest BCUT2D eigenvalue weighted by atomic mass is 32.2. The van der Waals surface area contributed by atoms with E-state index in [1.807, 2.05) is 66.7 Å². The number of carbonyl (C=O) groups is 3. The van der Waals surface area contributed by atoms with Crippen LogP contribution in [-0.2, 0) is 32.1 Å². The SMILES string of the molecule is COc1ccc(COC(=O)C2=C(Sc3ccnn3-c3ccccn3)CS[C@H]3[C@H](NC(=O)Cc4ccccc4)C(=O)N23)cc1. The molecule has 0 spiro atoms. The number of thioether (sulfide) groups is 2. The van der Waals surface area contributed by atoms with Gasteiger partial charge < -0.3 is 14.8 Å². The molecule has 0 bridgehead atoms. The highest BCUT2D eigenvalue weighted by molar-refractivity contribution is 8.06. The second kappa shape index (κ2) is 12.8. The summed E-state index contributed by atoms with van der Waals surface area (Å²) >= 11 is 2.82. The minimum absolute atomic E-state index is 0.0211. The van der Waals surface area contributed by atoms with Crippen molar-refractivity contribution in [1.82, 2.24) is 25.0 Å². The quantitative estimate of drug-likeness (QED) is 0.210. The molecule has 2 aromatic heterocycles. The summed E-state index contributed by atoms with van der Waals surface area (Å²) in [5, 5.41) is 7.57. The second-order valence-corrected chi connectivity index (χ2v) is 11.9. The molecule has 6 rings (SSSR count). The van der Waals surface area contributed by atoms with Gasteiger partial charge in [-0.2, -0.15) is 5.10 Å². The lowest BCUT2D eigenvalue weighted by Gasteiger charge is -2.49. The summed E-state index contributed by atoms with van der Waals surface area (Å²) < 4.78 is 12.6. The summed E-state index contributed by atoms with van der Waals surface area (Å²) in [7, 11) is 1.58. The summed E-state index contributed by atoms with van der Waals surface area (Å²) in [6.45, 7) is 0.0211. The zero-order valence-corrected chi connectivity index (χ0v) is 24.7. The van der Waals surface area contributed by atoms with E-state index in [0.29, 0.717) is 22.2 Å². The lowest BCUT2D eigenvalue weighted by atomic mass is 10.0. The van der Waals surface area contributed by atoms with E-state index < -0.39 is 17.4 Å². The van der Waals surface area contributed by atoms with Gasteiger partial charge >= 0.3 is 5.97 Å². The van der Waals surface area contributed by atoms with Crippen LogP contribution in [-0.4, -0.2) is 61.7 Å². The Morgan fingerprint density at radius 2 is 1.79 bits per heavy atom. The Morgan fingerprint density at radius 1 is 1.00 bits per heavy atom.